The van der Waals surface area contributed by atoms with Crippen molar-refractivity contribution in [2.75, 3.05) is 12.0 Å². The number of hydrazine groups is 1. The number of nitrogens with two attached hydrogens (primary N) is 1. The molecule has 0 aliphatic rings. The van der Waals surface area contributed by atoms with Crippen molar-refractivity contribution in [2.45, 2.75) is 20.0 Å². The molecule has 0 fully saturated rings. The molecule has 0 amide bonds. The van der Waals surface area contributed by atoms with Crippen molar-refractivity contribution >= 4 is 5.95 Å². The van der Waals surface area contributed by atoms with E-state index in [0.717, 1.165) is 0 Å². The number of nitrogens with zero attached hydrogens (tertiary/aromatic N) is 3. The van der Waals surface area contributed by atoms with Crippen molar-refractivity contribution in [3.05, 3.63) is 0 Å². The van der Waals surface area contributed by atoms with E-state index in [1.807, 2.05) is 6.92 Å². The maximum absolute atomic E-state index is 5.22. The van der Waals surface area contributed by atoms with Crippen LogP contribution in [-0.2, 0) is 0 Å². The molecule has 7 nitrogen and oxygen atoms in total. The molecule has 0 aromatic carbocycles. The van der Waals surface area contributed by atoms with Gasteiger partial charge in [-0.05, 0) is 13.8 Å². The number of nitrogens with one attached hydrogen (secondary N) is 1. The monoisotopic (exact) mass is 223 g/mol. The Bertz CT molecular complexity index is 390. The molecular weight excluding hydrogens is 210 g/mol. The number of ether oxygens (including phenoxy) is 2. The molecule has 7 heteroatoms. The summed E-state index contributed by atoms with van der Waals surface area (Å²) in [5.74, 6) is 7.73. The molecule has 1 heterocycles. The van der Waals surface area contributed by atoms with Crippen LogP contribution in [0.5, 0.6) is 12.0 Å². The normalized spacial score (nSPS) is 11.4. The van der Waals surface area contributed by atoms with E-state index in [2.05, 4.69) is 26.3 Å². The summed E-state index contributed by atoms with van der Waals surface area (Å²) in [5, 5.41) is 0. The van der Waals surface area contributed by atoms with Gasteiger partial charge in [0.15, 0.2) is 6.10 Å². The second-order valence-corrected chi connectivity index (χ2v) is 2.73. The Balaban J connectivity index is 2.91. The predicted octanol–water partition coefficient (Wildman–Crippen LogP) is -0.0436. The fourth-order valence-electron chi connectivity index (χ4n) is 0.841. The first-order valence-electron chi connectivity index (χ1n) is 4.67. The van der Waals surface area contributed by atoms with Gasteiger partial charge in [0.25, 0.3) is 0 Å². The lowest BCUT2D eigenvalue weighted by atomic mass is 10.4. The summed E-state index contributed by atoms with van der Waals surface area (Å²) in [6.45, 7) is 3.93. The first kappa shape index (κ1) is 12.0. The maximum Gasteiger partial charge on any atom is 0.325 e. The van der Waals surface area contributed by atoms with E-state index in [4.69, 9.17) is 21.7 Å². The number of hydrogen-bond donors (Lipinski definition) is 2. The molecular formula is C9H13N5O2. The van der Waals surface area contributed by atoms with Crippen LogP contribution in [0.1, 0.15) is 13.8 Å². The van der Waals surface area contributed by atoms with Gasteiger partial charge in [-0.3, -0.25) is 5.43 Å². The molecule has 1 rings (SSSR count). The second kappa shape index (κ2) is 5.72. The summed E-state index contributed by atoms with van der Waals surface area (Å²) in [7, 11) is 0. The zero-order valence-electron chi connectivity index (χ0n) is 9.10. The average Bonchev–Trinajstić information content (AvgIpc) is 2.29. The standard InChI is InChI=1S/C9H13N5O2/c1-4-6(3)16-9-12-7(14-10)11-8(13-9)15-5-2/h1,6H,5,10H2,2-3H3,(H,11,12,13,14). The van der Waals surface area contributed by atoms with Crippen LogP contribution in [-0.4, -0.2) is 27.7 Å². The average molecular weight is 223 g/mol. The van der Waals surface area contributed by atoms with E-state index >= 15 is 0 Å². The first-order valence-corrected chi connectivity index (χ1v) is 4.67. The fraction of sp³-hybridized carbons (Fsp3) is 0.444. The maximum atomic E-state index is 5.22. The molecule has 1 aromatic heterocycles. The fourth-order valence-corrected chi connectivity index (χ4v) is 0.841. The molecule has 0 bridgehead atoms. The number of rotatable bonds is 5. The molecule has 0 aliphatic carbocycles. The lowest BCUT2D eigenvalue weighted by Crippen LogP contribution is -2.16. The Morgan fingerprint density at radius 3 is 2.69 bits per heavy atom. The van der Waals surface area contributed by atoms with Crippen molar-refractivity contribution < 1.29 is 9.47 Å². The molecule has 16 heavy (non-hydrogen) atoms. The van der Waals surface area contributed by atoms with E-state index < -0.39 is 6.10 Å². The van der Waals surface area contributed by atoms with Crippen LogP contribution in [0.15, 0.2) is 0 Å². The van der Waals surface area contributed by atoms with Crippen molar-refractivity contribution in [3.63, 3.8) is 0 Å². The second-order valence-electron chi connectivity index (χ2n) is 2.73. The third kappa shape index (κ3) is 3.25. The highest BCUT2D eigenvalue weighted by atomic mass is 16.5. The van der Waals surface area contributed by atoms with Gasteiger partial charge >= 0.3 is 12.0 Å². The van der Waals surface area contributed by atoms with Crippen LogP contribution >= 0.6 is 0 Å². The van der Waals surface area contributed by atoms with Crippen LogP contribution in [0.4, 0.5) is 5.95 Å². The molecule has 86 valence electrons. The quantitative estimate of drug-likeness (QED) is 0.410. The van der Waals surface area contributed by atoms with Crippen LogP contribution in [0.3, 0.4) is 0 Å². The minimum absolute atomic E-state index is 0.0665. The number of hydrogen-bond acceptors (Lipinski definition) is 7. The Hall–Kier alpha value is -2.07. The zero-order valence-corrected chi connectivity index (χ0v) is 9.10. The van der Waals surface area contributed by atoms with Crippen LogP contribution in [0, 0.1) is 12.3 Å². The number of nitrogen functional groups attached to an aromatic ring is 1. The van der Waals surface area contributed by atoms with Crippen LogP contribution in [0.2, 0.25) is 0 Å². The van der Waals surface area contributed by atoms with Crippen molar-refractivity contribution in [2.24, 2.45) is 5.84 Å². The minimum atomic E-state index is -0.442. The van der Waals surface area contributed by atoms with E-state index in [0.29, 0.717) is 6.61 Å². The number of terminal acetylenes is 1. The predicted molar refractivity (Wildman–Crippen MR) is 57.7 cm³/mol. The molecule has 1 aromatic rings. The molecule has 0 radical (unpaired) electrons. The van der Waals surface area contributed by atoms with E-state index in [1.165, 1.54) is 0 Å². The van der Waals surface area contributed by atoms with Gasteiger partial charge < -0.3 is 9.47 Å². The Labute approximate surface area is 93.4 Å². The molecule has 1 atom stereocenters. The molecule has 1 unspecified atom stereocenters. The summed E-state index contributed by atoms with van der Waals surface area (Å²) in [6, 6.07) is 0.196. The summed E-state index contributed by atoms with van der Waals surface area (Å²) in [6.07, 6.45) is 4.73. The third-order valence-electron chi connectivity index (χ3n) is 1.51. The third-order valence-corrected chi connectivity index (χ3v) is 1.51. The minimum Gasteiger partial charge on any atom is -0.464 e. The zero-order chi connectivity index (χ0) is 12.0. The molecule has 3 N–H and O–H groups in total. The van der Waals surface area contributed by atoms with Gasteiger partial charge in [-0.15, -0.1) is 11.4 Å². The lowest BCUT2D eigenvalue weighted by molar-refractivity contribution is 0.243. The van der Waals surface area contributed by atoms with E-state index in [-0.39, 0.29) is 18.0 Å². The number of aromatic nitrogens is 3. The van der Waals surface area contributed by atoms with Crippen LogP contribution in [0.25, 0.3) is 0 Å². The van der Waals surface area contributed by atoms with Gasteiger partial charge in [-0.2, -0.15) is 9.97 Å². The Morgan fingerprint density at radius 1 is 1.44 bits per heavy atom. The van der Waals surface area contributed by atoms with E-state index in [9.17, 15) is 0 Å². The SMILES string of the molecule is C#CC(C)Oc1nc(NN)nc(OCC)n1. The lowest BCUT2D eigenvalue weighted by Gasteiger charge is -2.09. The highest BCUT2D eigenvalue weighted by molar-refractivity contribution is 5.25. The molecule has 0 saturated heterocycles. The van der Waals surface area contributed by atoms with Crippen molar-refractivity contribution in [3.8, 4) is 24.4 Å². The highest BCUT2D eigenvalue weighted by Gasteiger charge is 2.09. The Morgan fingerprint density at radius 2 is 2.12 bits per heavy atom. The summed E-state index contributed by atoms with van der Waals surface area (Å²) in [4.78, 5) is 11.6. The topological polar surface area (TPSA) is 95.2 Å². The largest absolute Gasteiger partial charge is 0.464 e. The van der Waals surface area contributed by atoms with Gasteiger partial charge in [0.2, 0.25) is 5.95 Å². The Kier molecular flexibility index (Phi) is 4.29. The van der Waals surface area contributed by atoms with Gasteiger partial charge in [-0.1, -0.05) is 5.92 Å². The summed E-state index contributed by atoms with van der Waals surface area (Å²) in [5.41, 5.74) is 2.28. The smallest absolute Gasteiger partial charge is 0.325 e. The molecule has 0 aliphatic heterocycles. The molecule has 0 saturated carbocycles. The van der Waals surface area contributed by atoms with Crippen LogP contribution < -0.4 is 20.7 Å². The highest BCUT2D eigenvalue weighted by Crippen LogP contribution is 2.13. The van der Waals surface area contributed by atoms with Gasteiger partial charge in [0.05, 0.1) is 6.61 Å². The molecule has 0 spiro atoms. The van der Waals surface area contributed by atoms with Gasteiger partial charge in [0, 0.05) is 0 Å². The van der Waals surface area contributed by atoms with Crippen molar-refractivity contribution in [1.82, 2.24) is 15.0 Å². The van der Waals surface area contributed by atoms with Gasteiger partial charge in [0.1, 0.15) is 0 Å². The summed E-state index contributed by atoms with van der Waals surface area (Å²) >= 11 is 0. The number of anilines is 1. The van der Waals surface area contributed by atoms with Gasteiger partial charge in [-0.25, -0.2) is 5.84 Å². The first-order chi connectivity index (χ1) is 7.69. The summed E-state index contributed by atoms with van der Waals surface area (Å²) < 4.78 is 10.3. The van der Waals surface area contributed by atoms with E-state index in [1.54, 1.807) is 6.92 Å². The van der Waals surface area contributed by atoms with Crippen molar-refractivity contribution in [1.29, 1.82) is 0 Å².